The molecule has 2 heteroatoms. The number of hydrogen-bond acceptors (Lipinski definition) is 0. The second kappa shape index (κ2) is 7.15. The van der Waals surface area contributed by atoms with Gasteiger partial charge in [0, 0.05) is 0 Å². The lowest BCUT2D eigenvalue weighted by Gasteiger charge is -2.10. The van der Waals surface area contributed by atoms with Crippen molar-refractivity contribution in [2.75, 3.05) is 0 Å². The minimum Gasteiger partial charge on any atom is -0.118 e. The zero-order chi connectivity index (χ0) is 14.5. The van der Waals surface area contributed by atoms with E-state index in [1.165, 1.54) is 22.3 Å². The van der Waals surface area contributed by atoms with Gasteiger partial charge in [0.2, 0.25) is 0 Å². The number of benzene rings is 2. The van der Waals surface area contributed by atoms with E-state index in [1.807, 2.05) is 0 Å². The molecule has 0 aromatic heterocycles. The van der Waals surface area contributed by atoms with Crippen LogP contribution in [0.25, 0.3) is 11.1 Å². The van der Waals surface area contributed by atoms with Gasteiger partial charge in [0.1, 0.15) is 0 Å². The van der Waals surface area contributed by atoms with Crippen LogP contribution in [0.5, 0.6) is 0 Å². The molecule has 0 saturated heterocycles. The maximum atomic E-state index is 6.25. The van der Waals surface area contributed by atoms with Crippen LogP contribution in [0.1, 0.15) is 48.6 Å². The van der Waals surface area contributed by atoms with Crippen molar-refractivity contribution in [3.05, 3.63) is 59.7 Å². The first-order chi connectivity index (χ1) is 9.65. The predicted molar refractivity (Wildman–Crippen MR) is 89.6 cm³/mol. The number of rotatable bonds is 5. The SMILES string of the molecule is CCC(Cl)c1ccc(-c2ccc(C(Cl)CC)cc2)cc1. The molecule has 2 unspecified atom stereocenters. The van der Waals surface area contributed by atoms with Gasteiger partial charge in [-0.15, -0.1) is 23.2 Å². The average molecular weight is 307 g/mol. The fourth-order valence-electron chi connectivity index (χ4n) is 2.24. The first-order valence-corrected chi connectivity index (χ1v) is 8.01. The van der Waals surface area contributed by atoms with E-state index in [-0.39, 0.29) is 10.8 Å². The second-order valence-electron chi connectivity index (χ2n) is 5.00. The van der Waals surface area contributed by atoms with E-state index in [1.54, 1.807) is 0 Å². The molecular formula is C18H20Cl2. The van der Waals surface area contributed by atoms with E-state index >= 15 is 0 Å². The van der Waals surface area contributed by atoms with Crippen molar-refractivity contribution in [2.45, 2.75) is 37.4 Å². The Kier molecular flexibility index (Phi) is 5.51. The van der Waals surface area contributed by atoms with Crippen molar-refractivity contribution in [1.82, 2.24) is 0 Å². The first-order valence-electron chi connectivity index (χ1n) is 7.14. The summed E-state index contributed by atoms with van der Waals surface area (Å²) in [5.74, 6) is 0. The van der Waals surface area contributed by atoms with Gasteiger partial charge in [0.15, 0.2) is 0 Å². The molecule has 2 aromatic rings. The molecule has 20 heavy (non-hydrogen) atoms. The lowest BCUT2D eigenvalue weighted by Crippen LogP contribution is -1.89. The topological polar surface area (TPSA) is 0 Å². The molecule has 106 valence electrons. The zero-order valence-corrected chi connectivity index (χ0v) is 13.5. The molecule has 0 saturated carbocycles. The summed E-state index contributed by atoms with van der Waals surface area (Å²) in [4.78, 5) is 0. The largest absolute Gasteiger partial charge is 0.118 e. The number of halogens is 2. The highest BCUT2D eigenvalue weighted by Crippen LogP contribution is 2.29. The molecule has 2 aromatic carbocycles. The lowest BCUT2D eigenvalue weighted by molar-refractivity contribution is 0.883. The summed E-state index contributed by atoms with van der Waals surface area (Å²) in [6.07, 6.45) is 1.90. The van der Waals surface area contributed by atoms with E-state index in [4.69, 9.17) is 23.2 Å². The monoisotopic (exact) mass is 306 g/mol. The molecule has 0 bridgehead atoms. The maximum absolute atomic E-state index is 6.25. The fraction of sp³-hybridized carbons (Fsp3) is 0.333. The van der Waals surface area contributed by atoms with Crippen LogP contribution in [0.2, 0.25) is 0 Å². The quantitative estimate of drug-likeness (QED) is 0.537. The summed E-state index contributed by atoms with van der Waals surface area (Å²) >= 11 is 12.5. The first kappa shape index (κ1) is 15.4. The Labute approximate surface area is 131 Å². The van der Waals surface area contributed by atoms with E-state index < -0.39 is 0 Å². The summed E-state index contributed by atoms with van der Waals surface area (Å²) in [5.41, 5.74) is 4.79. The van der Waals surface area contributed by atoms with Crippen molar-refractivity contribution in [3.8, 4) is 11.1 Å². The molecule has 0 radical (unpaired) electrons. The summed E-state index contributed by atoms with van der Waals surface area (Å²) in [5, 5.41) is 0.209. The summed E-state index contributed by atoms with van der Waals surface area (Å²) in [7, 11) is 0. The van der Waals surface area contributed by atoms with Gasteiger partial charge in [-0.25, -0.2) is 0 Å². The van der Waals surface area contributed by atoms with Gasteiger partial charge in [-0.1, -0.05) is 62.4 Å². The third-order valence-electron chi connectivity index (χ3n) is 3.59. The fourth-order valence-corrected chi connectivity index (χ4v) is 2.53. The second-order valence-corrected chi connectivity index (χ2v) is 6.05. The lowest BCUT2D eigenvalue weighted by atomic mass is 10.00. The van der Waals surface area contributed by atoms with Gasteiger partial charge in [0.25, 0.3) is 0 Å². The normalized spacial score (nSPS) is 14.0. The van der Waals surface area contributed by atoms with Gasteiger partial charge >= 0.3 is 0 Å². The molecule has 0 aliphatic heterocycles. The Bertz CT molecular complexity index is 477. The standard InChI is InChI=1S/C18H20Cl2/c1-3-17(19)15-9-5-13(6-10-15)14-7-11-16(12-8-14)18(20)4-2/h5-12,17-18H,3-4H2,1-2H3. The third kappa shape index (κ3) is 3.56. The Morgan fingerprint density at radius 3 is 1.20 bits per heavy atom. The highest BCUT2D eigenvalue weighted by Gasteiger charge is 2.07. The van der Waals surface area contributed by atoms with E-state index in [2.05, 4.69) is 62.4 Å². The molecule has 0 nitrogen and oxygen atoms in total. The molecule has 0 spiro atoms. The Balaban J connectivity index is 2.19. The minimum absolute atomic E-state index is 0.105. The Hall–Kier alpha value is -0.980. The van der Waals surface area contributed by atoms with Gasteiger partial charge in [-0.2, -0.15) is 0 Å². The molecule has 2 atom stereocenters. The van der Waals surface area contributed by atoms with Crippen molar-refractivity contribution < 1.29 is 0 Å². The summed E-state index contributed by atoms with van der Waals surface area (Å²) < 4.78 is 0. The number of alkyl halides is 2. The highest BCUT2D eigenvalue weighted by molar-refractivity contribution is 6.21. The van der Waals surface area contributed by atoms with Gasteiger partial charge < -0.3 is 0 Å². The van der Waals surface area contributed by atoms with Crippen LogP contribution < -0.4 is 0 Å². The summed E-state index contributed by atoms with van der Waals surface area (Å²) in [6, 6.07) is 17.0. The van der Waals surface area contributed by atoms with Crippen LogP contribution >= 0.6 is 23.2 Å². The van der Waals surface area contributed by atoms with Crippen molar-refractivity contribution in [1.29, 1.82) is 0 Å². The van der Waals surface area contributed by atoms with E-state index in [0.717, 1.165) is 12.8 Å². The van der Waals surface area contributed by atoms with Gasteiger partial charge in [0.05, 0.1) is 10.8 Å². The Morgan fingerprint density at radius 2 is 0.950 bits per heavy atom. The third-order valence-corrected chi connectivity index (χ3v) is 4.72. The van der Waals surface area contributed by atoms with Crippen molar-refractivity contribution in [3.63, 3.8) is 0 Å². The van der Waals surface area contributed by atoms with Crippen LogP contribution in [0.4, 0.5) is 0 Å². The van der Waals surface area contributed by atoms with Crippen LogP contribution in [0, 0.1) is 0 Å². The van der Waals surface area contributed by atoms with Crippen LogP contribution in [0.15, 0.2) is 48.5 Å². The Morgan fingerprint density at radius 1 is 0.650 bits per heavy atom. The smallest absolute Gasteiger partial charge is 0.0582 e. The molecule has 2 rings (SSSR count). The molecule has 0 aliphatic rings. The van der Waals surface area contributed by atoms with Crippen molar-refractivity contribution in [2.24, 2.45) is 0 Å². The average Bonchev–Trinajstić information content (AvgIpc) is 2.53. The number of hydrogen-bond donors (Lipinski definition) is 0. The summed E-state index contributed by atoms with van der Waals surface area (Å²) in [6.45, 7) is 4.20. The van der Waals surface area contributed by atoms with Gasteiger partial charge in [-0.3, -0.25) is 0 Å². The van der Waals surface area contributed by atoms with Gasteiger partial charge in [-0.05, 0) is 35.1 Å². The maximum Gasteiger partial charge on any atom is 0.0582 e. The zero-order valence-electron chi connectivity index (χ0n) is 11.9. The molecule has 0 N–H and O–H groups in total. The molecule has 0 aliphatic carbocycles. The van der Waals surface area contributed by atoms with E-state index in [0.29, 0.717) is 0 Å². The van der Waals surface area contributed by atoms with Crippen LogP contribution in [0.3, 0.4) is 0 Å². The molecular weight excluding hydrogens is 287 g/mol. The van der Waals surface area contributed by atoms with Crippen molar-refractivity contribution >= 4 is 23.2 Å². The van der Waals surface area contributed by atoms with E-state index in [9.17, 15) is 0 Å². The van der Waals surface area contributed by atoms with Crippen LogP contribution in [-0.4, -0.2) is 0 Å². The van der Waals surface area contributed by atoms with Crippen LogP contribution in [-0.2, 0) is 0 Å². The minimum atomic E-state index is 0.105. The molecule has 0 amide bonds. The highest BCUT2D eigenvalue weighted by atomic mass is 35.5. The molecule has 0 fully saturated rings. The predicted octanol–water partition coefficient (Wildman–Crippen LogP) is 6.73. The molecule has 0 heterocycles.